The van der Waals surface area contributed by atoms with Crippen molar-refractivity contribution in [1.82, 2.24) is 10.6 Å². The first kappa shape index (κ1) is 14.2. The summed E-state index contributed by atoms with van der Waals surface area (Å²) in [4.78, 5) is 32.3. The van der Waals surface area contributed by atoms with Crippen molar-refractivity contribution in [3.8, 4) is 0 Å². The van der Waals surface area contributed by atoms with Crippen LogP contribution >= 0.6 is 0 Å². The number of carbonyl (C=O) groups is 3. The highest BCUT2D eigenvalue weighted by Gasteiger charge is 2.19. The van der Waals surface area contributed by atoms with Crippen LogP contribution in [0.5, 0.6) is 0 Å². The Balaban J connectivity index is 3.99. The molecule has 0 aromatic carbocycles. The maximum absolute atomic E-state index is 11.0. The SMILES string of the molecule is C=CC(=O)NC(C)(C)CCNC(=O)C(N)=O. The van der Waals surface area contributed by atoms with Crippen molar-refractivity contribution in [3.05, 3.63) is 12.7 Å². The molecule has 0 aromatic heterocycles. The van der Waals surface area contributed by atoms with Crippen molar-refractivity contribution in [2.45, 2.75) is 25.8 Å². The average Bonchev–Trinajstić information content (AvgIpc) is 2.16. The van der Waals surface area contributed by atoms with Gasteiger partial charge in [0.25, 0.3) is 0 Å². The van der Waals surface area contributed by atoms with Crippen molar-refractivity contribution >= 4 is 17.7 Å². The Kier molecular flexibility index (Phi) is 5.21. The van der Waals surface area contributed by atoms with E-state index in [-0.39, 0.29) is 12.5 Å². The maximum Gasteiger partial charge on any atom is 0.309 e. The average molecular weight is 227 g/mol. The lowest BCUT2D eigenvalue weighted by Gasteiger charge is -2.25. The van der Waals surface area contributed by atoms with E-state index in [1.165, 1.54) is 6.08 Å². The molecule has 6 heteroatoms. The van der Waals surface area contributed by atoms with Crippen LogP contribution in [0.25, 0.3) is 0 Å². The zero-order valence-electron chi connectivity index (χ0n) is 9.50. The molecular weight excluding hydrogens is 210 g/mol. The van der Waals surface area contributed by atoms with E-state index in [2.05, 4.69) is 17.2 Å². The van der Waals surface area contributed by atoms with Crippen LogP contribution in [0.2, 0.25) is 0 Å². The Morgan fingerprint density at radius 2 is 1.94 bits per heavy atom. The number of nitrogens with two attached hydrogens (primary N) is 1. The zero-order chi connectivity index (χ0) is 12.8. The Morgan fingerprint density at radius 3 is 2.38 bits per heavy atom. The fourth-order valence-electron chi connectivity index (χ4n) is 1.02. The lowest BCUT2D eigenvalue weighted by molar-refractivity contribution is -0.137. The third-order valence-corrected chi connectivity index (χ3v) is 1.91. The van der Waals surface area contributed by atoms with Gasteiger partial charge < -0.3 is 16.4 Å². The van der Waals surface area contributed by atoms with Crippen LogP contribution in [0.15, 0.2) is 12.7 Å². The van der Waals surface area contributed by atoms with Gasteiger partial charge in [-0.15, -0.1) is 0 Å². The molecule has 0 rings (SSSR count). The van der Waals surface area contributed by atoms with Crippen molar-refractivity contribution in [1.29, 1.82) is 0 Å². The normalized spacial score (nSPS) is 10.4. The molecule has 6 nitrogen and oxygen atoms in total. The van der Waals surface area contributed by atoms with E-state index in [1.54, 1.807) is 13.8 Å². The Bertz CT molecular complexity index is 310. The Labute approximate surface area is 94.3 Å². The molecule has 0 aliphatic rings. The van der Waals surface area contributed by atoms with Gasteiger partial charge in [0.05, 0.1) is 0 Å². The third-order valence-electron chi connectivity index (χ3n) is 1.91. The maximum atomic E-state index is 11.0. The van der Waals surface area contributed by atoms with E-state index in [4.69, 9.17) is 5.73 Å². The lowest BCUT2D eigenvalue weighted by Crippen LogP contribution is -2.46. The predicted octanol–water partition coefficient (Wildman–Crippen LogP) is -0.941. The van der Waals surface area contributed by atoms with Crippen LogP contribution in [-0.2, 0) is 14.4 Å². The number of hydrogen-bond acceptors (Lipinski definition) is 3. The highest BCUT2D eigenvalue weighted by molar-refractivity contribution is 6.34. The van der Waals surface area contributed by atoms with Gasteiger partial charge in [-0.25, -0.2) is 0 Å². The minimum atomic E-state index is -1.02. The van der Waals surface area contributed by atoms with Gasteiger partial charge in [-0.05, 0) is 26.3 Å². The number of rotatable bonds is 5. The van der Waals surface area contributed by atoms with Crippen LogP contribution in [0.1, 0.15) is 20.3 Å². The molecule has 0 aromatic rings. The Hall–Kier alpha value is -1.85. The third kappa shape index (κ3) is 5.79. The second kappa shape index (κ2) is 5.89. The van der Waals surface area contributed by atoms with Gasteiger partial charge in [0, 0.05) is 12.1 Å². The monoisotopic (exact) mass is 227 g/mol. The van der Waals surface area contributed by atoms with Crippen LogP contribution in [0.3, 0.4) is 0 Å². The van der Waals surface area contributed by atoms with Gasteiger partial charge in [-0.2, -0.15) is 0 Å². The molecular formula is C10H17N3O3. The largest absolute Gasteiger partial charge is 0.361 e. The molecule has 3 amide bonds. The molecule has 0 fully saturated rings. The Morgan fingerprint density at radius 1 is 1.38 bits per heavy atom. The predicted molar refractivity (Wildman–Crippen MR) is 59.2 cm³/mol. The minimum absolute atomic E-state index is 0.256. The van der Waals surface area contributed by atoms with Gasteiger partial charge in [-0.1, -0.05) is 6.58 Å². The first-order valence-corrected chi connectivity index (χ1v) is 4.81. The molecule has 16 heavy (non-hydrogen) atoms. The summed E-state index contributed by atoms with van der Waals surface area (Å²) in [6.07, 6.45) is 1.65. The fourth-order valence-corrected chi connectivity index (χ4v) is 1.02. The van der Waals surface area contributed by atoms with Crippen LogP contribution in [-0.4, -0.2) is 29.8 Å². The van der Waals surface area contributed by atoms with E-state index in [1.807, 2.05) is 0 Å². The number of primary amides is 1. The fraction of sp³-hybridized carbons (Fsp3) is 0.500. The minimum Gasteiger partial charge on any atom is -0.361 e. The molecule has 0 aliphatic heterocycles. The van der Waals surface area contributed by atoms with Gasteiger partial charge in [0.2, 0.25) is 5.91 Å². The van der Waals surface area contributed by atoms with Crippen molar-refractivity contribution in [3.63, 3.8) is 0 Å². The zero-order valence-corrected chi connectivity index (χ0v) is 9.50. The standard InChI is InChI=1S/C10H17N3O3/c1-4-7(14)13-10(2,3)5-6-12-9(16)8(11)15/h4H,1,5-6H2,2-3H3,(H2,11,15)(H,12,16)(H,13,14). The second-order valence-corrected chi connectivity index (χ2v) is 3.95. The van der Waals surface area contributed by atoms with Gasteiger partial charge in [0.15, 0.2) is 0 Å². The van der Waals surface area contributed by atoms with Crippen molar-refractivity contribution in [2.24, 2.45) is 5.73 Å². The molecule has 0 aliphatic carbocycles. The smallest absolute Gasteiger partial charge is 0.309 e. The lowest BCUT2D eigenvalue weighted by atomic mass is 10.0. The molecule has 0 saturated carbocycles. The number of carbonyl (C=O) groups excluding carboxylic acids is 3. The summed E-state index contributed by atoms with van der Waals surface area (Å²) in [5, 5.41) is 5.02. The molecule has 0 spiro atoms. The summed E-state index contributed by atoms with van der Waals surface area (Å²) in [5.41, 5.74) is 4.26. The van der Waals surface area contributed by atoms with E-state index in [9.17, 15) is 14.4 Å². The molecule has 0 heterocycles. The molecule has 0 atom stereocenters. The number of amides is 3. The quantitative estimate of drug-likeness (QED) is 0.417. The van der Waals surface area contributed by atoms with Crippen molar-refractivity contribution < 1.29 is 14.4 Å². The molecule has 0 radical (unpaired) electrons. The number of hydrogen-bond donors (Lipinski definition) is 3. The summed E-state index contributed by atoms with van der Waals surface area (Å²) in [7, 11) is 0. The summed E-state index contributed by atoms with van der Waals surface area (Å²) >= 11 is 0. The van der Waals surface area contributed by atoms with Crippen LogP contribution in [0, 0.1) is 0 Å². The van der Waals surface area contributed by atoms with Gasteiger partial charge >= 0.3 is 11.8 Å². The summed E-state index contributed by atoms with van der Waals surface area (Å²) in [5.74, 6) is -2.13. The highest BCUT2D eigenvalue weighted by atomic mass is 16.2. The summed E-state index contributed by atoms with van der Waals surface area (Å²) < 4.78 is 0. The molecule has 0 bridgehead atoms. The highest BCUT2D eigenvalue weighted by Crippen LogP contribution is 2.06. The topological polar surface area (TPSA) is 101 Å². The van der Waals surface area contributed by atoms with Gasteiger partial charge in [-0.3, -0.25) is 14.4 Å². The molecule has 4 N–H and O–H groups in total. The summed E-state index contributed by atoms with van der Waals surface area (Å²) in [6.45, 7) is 7.18. The van der Waals surface area contributed by atoms with E-state index < -0.39 is 17.4 Å². The number of nitrogens with one attached hydrogen (secondary N) is 2. The molecule has 0 saturated heterocycles. The molecule has 0 unspecified atom stereocenters. The van der Waals surface area contributed by atoms with E-state index in [0.29, 0.717) is 6.42 Å². The van der Waals surface area contributed by atoms with E-state index in [0.717, 1.165) is 0 Å². The van der Waals surface area contributed by atoms with Crippen molar-refractivity contribution in [2.75, 3.05) is 6.54 Å². The second-order valence-electron chi connectivity index (χ2n) is 3.95. The van der Waals surface area contributed by atoms with Crippen LogP contribution in [0.4, 0.5) is 0 Å². The van der Waals surface area contributed by atoms with Gasteiger partial charge in [0.1, 0.15) is 0 Å². The first-order chi connectivity index (χ1) is 7.28. The summed E-state index contributed by atoms with van der Waals surface area (Å²) in [6, 6.07) is 0. The first-order valence-electron chi connectivity index (χ1n) is 4.81. The van der Waals surface area contributed by atoms with E-state index >= 15 is 0 Å². The van der Waals surface area contributed by atoms with Crippen LogP contribution < -0.4 is 16.4 Å². The molecule has 90 valence electrons.